The predicted octanol–water partition coefficient (Wildman–Crippen LogP) is 5.20. The molecule has 3 aromatic carbocycles. The van der Waals surface area contributed by atoms with Crippen LogP contribution in [0.25, 0.3) is 11.0 Å². The molecule has 7 nitrogen and oxygen atoms in total. The summed E-state index contributed by atoms with van der Waals surface area (Å²) in [4.78, 5) is 37.3. The maximum Gasteiger partial charge on any atom is 0.408 e. The van der Waals surface area contributed by atoms with Gasteiger partial charge in [-0.1, -0.05) is 72.3 Å². The minimum atomic E-state index is -1.06. The average Bonchev–Trinajstić information content (AvgIpc) is 2.84. The first-order chi connectivity index (χ1) is 16.9. The largest absolute Gasteiger partial charge is 0.445 e. The van der Waals surface area contributed by atoms with E-state index in [1.54, 1.807) is 13.0 Å². The van der Waals surface area contributed by atoms with Gasteiger partial charge in [0.1, 0.15) is 18.2 Å². The van der Waals surface area contributed by atoms with Crippen LogP contribution in [-0.2, 0) is 22.6 Å². The lowest BCUT2D eigenvalue weighted by molar-refractivity contribution is -0.136. The van der Waals surface area contributed by atoms with Crippen molar-refractivity contribution < 1.29 is 23.5 Å². The Bertz CT molecular complexity index is 1400. The first kappa shape index (κ1) is 24.0. The summed E-state index contributed by atoms with van der Waals surface area (Å²) < 4.78 is 16.0. The van der Waals surface area contributed by atoms with Crippen molar-refractivity contribution in [3.63, 3.8) is 0 Å². The molecule has 4 rings (SSSR count). The molecule has 8 heteroatoms. The van der Waals surface area contributed by atoms with Gasteiger partial charge in [-0.05, 0) is 29.7 Å². The van der Waals surface area contributed by atoms with Gasteiger partial charge in [0.05, 0.1) is 5.02 Å². The molecule has 0 spiro atoms. The van der Waals surface area contributed by atoms with E-state index < -0.39 is 23.7 Å². The van der Waals surface area contributed by atoms with E-state index in [0.29, 0.717) is 10.9 Å². The molecule has 178 valence electrons. The highest BCUT2D eigenvalue weighted by molar-refractivity contribution is 6.33. The second kappa shape index (κ2) is 10.9. The number of rotatable bonds is 7. The summed E-state index contributed by atoms with van der Waals surface area (Å²) in [6.07, 6.45) is -0.600. The van der Waals surface area contributed by atoms with E-state index in [9.17, 15) is 14.4 Å². The van der Waals surface area contributed by atoms with Gasteiger partial charge in [0, 0.05) is 23.9 Å². The topological polar surface area (TPSA) is 94.8 Å². The van der Waals surface area contributed by atoms with E-state index in [2.05, 4.69) is 5.32 Å². The van der Waals surface area contributed by atoms with Crippen molar-refractivity contribution in [1.29, 1.82) is 0 Å². The number of fused-ring (bicyclic) bond motifs is 1. The Kier molecular flexibility index (Phi) is 7.48. The minimum Gasteiger partial charge on any atom is -0.445 e. The van der Waals surface area contributed by atoms with Gasteiger partial charge in [0.2, 0.25) is 0 Å². The number of aryl methyl sites for hydroxylation is 1. The fraction of sp³-hybridized carbons (Fsp3) is 0.148. The first-order valence-electron chi connectivity index (χ1n) is 10.9. The van der Waals surface area contributed by atoms with Gasteiger partial charge in [-0.15, -0.1) is 0 Å². The van der Waals surface area contributed by atoms with Gasteiger partial charge in [-0.2, -0.15) is 0 Å². The number of carbonyl (C=O) groups is 2. The van der Waals surface area contributed by atoms with Crippen LogP contribution in [0.2, 0.25) is 5.02 Å². The number of benzene rings is 3. The van der Waals surface area contributed by atoms with Crippen molar-refractivity contribution in [2.24, 2.45) is 0 Å². The molecule has 1 unspecified atom stereocenters. The lowest BCUT2D eigenvalue weighted by Crippen LogP contribution is -2.44. The van der Waals surface area contributed by atoms with E-state index in [0.717, 1.165) is 11.1 Å². The van der Waals surface area contributed by atoms with Crippen LogP contribution in [0.4, 0.5) is 4.79 Å². The second-order valence-corrected chi connectivity index (χ2v) is 8.30. The van der Waals surface area contributed by atoms with Crippen LogP contribution in [0.15, 0.2) is 88.1 Å². The zero-order chi connectivity index (χ0) is 24.8. The Balaban J connectivity index is 1.53. The second-order valence-electron chi connectivity index (χ2n) is 7.90. The van der Waals surface area contributed by atoms with E-state index in [1.807, 2.05) is 60.7 Å². The van der Waals surface area contributed by atoms with E-state index >= 15 is 0 Å². The molecular formula is C27H22ClNO6. The number of esters is 1. The fourth-order valence-electron chi connectivity index (χ4n) is 3.53. The van der Waals surface area contributed by atoms with Gasteiger partial charge in [0.25, 0.3) is 0 Å². The Morgan fingerprint density at radius 1 is 0.971 bits per heavy atom. The Hall–Kier alpha value is -4.10. The van der Waals surface area contributed by atoms with Crippen LogP contribution in [-0.4, -0.2) is 18.1 Å². The van der Waals surface area contributed by atoms with Gasteiger partial charge >= 0.3 is 17.7 Å². The molecule has 1 amide bonds. The SMILES string of the molecule is Cc1cc(=O)oc2cc(OC(=O)C(Cc3ccccc3)NC(=O)OCc3ccccc3)c(Cl)cc12. The lowest BCUT2D eigenvalue weighted by Gasteiger charge is -2.18. The third-order valence-electron chi connectivity index (χ3n) is 5.29. The molecule has 35 heavy (non-hydrogen) atoms. The highest BCUT2D eigenvalue weighted by atomic mass is 35.5. The highest BCUT2D eigenvalue weighted by Gasteiger charge is 2.25. The molecule has 0 aliphatic rings. The summed E-state index contributed by atoms with van der Waals surface area (Å²) in [5, 5.41) is 3.36. The Morgan fingerprint density at radius 2 is 1.63 bits per heavy atom. The van der Waals surface area contributed by atoms with Crippen molar-refractivity contribution in [3.05, 3.63) is 111 Å². The molecule has 0 saturated carbocycles. The summed E-state index contributed by atoms with van der Waals surface area (Å²) in [6, 6.07) is 21.6. The monoisotopic (exact) mass is 491 g/mol. The van der Waals surface area contributed by atoms with Crippen LogP contribution in [0.5, 0.6) is 5.75 Å². The molecule has 0 aliphatic heterocycles. The van der Waals surface area contributed by atoms with Crippen LogP contribution in [0, 0.1) is 6.92 Å². The molecule has 4 aromatic rings. The molecule has 1 heterocycles. The molecule has 0 aliphatic carbocycles. The van der Waals surface area contributed by atoms with E-state index in [1.165, 1.54) is 12.1 Å². The number of ether oxygens (including phenoxy) is 2. The maximum absolute atomic E-state index is 13.1. The average molecular weight is 492 g/mol. The molecule has 1 atom stereocenters. The third kappa shape index (κ3) is 6.28. The van der Waals surface area contributed by atoms with Gasteiger partial charge < -0.3 is 19.2 Å². The zero-order valence-corrected chi connectivity index (χ0v) is 19.6. The van der Waals surface area contributed by atoms with Crippen LogP contribution >= 0.6 is 11.6 Å². The maximum atomic E-state index is 13.1. The number of alkyl carbamates (subject to hydrolysis) is 1. The molecule has 0 radical (unpaired) electrons. The number of hydrogen-bond acceptors (Lipinski definition) is 6. The molecular weight excluding hydrogens is 470 g/mol. The lowest BCUT2D eigenvalue weighted by atomic mass is 10.1. The molecule has 0 bridgehead atoms. The summed E-state index contributed by atoms with van der Waals surface area (Å²) in [7, 11) is 0. The van der Waals surface area contributed by atoms with Crippen molar-refractivity contribution >= 4 is 34.6 Å². The molecule has 1 aromatic heterocycles. The van der Waals surface area contributed by atoms with Crippen LogP contribution < -0.4 is 15.7 Å². The van der Waals surface area contributed by atoms with E-state index in [-0.39, 0.29) is 29.4 Å². The van der Waals surface area contributed by atoms with Crippen molar-refractivity contribution in [3.8, 4) is 5.75 Å². The quantitative estimate of drug-likeness (QED) is 0.217. The number of carbonyl (C=O) groups excluding carboxylic acids is 2. The Labute approximate surface area is 206 Å². The third-order valence-corrected chi connectivity index (χ3v) is 5.58. The summed E-state index contributed by atoms with van der Waals surface area (Å²) in [5.41, 5.74) is 2.01. The molecule has 0 saturated heterocycles. The summed E-state index contributed by atoms with van der Waals surface area (Å²) in [6.45, 7) is 1.80. The summed E-state index contributed by atoms with van der Waals surface area (Å²) in [5.74, 6) is -0.739. The van der Waals surface area contributed by atoms with E-state index in [4.69, 9.17) is 25.5 Å². The fourth-order valence-corrected chi connectivity index (χ4v) is 3.73. The zero-order valence-electron chi connectivity index (χ0n) is 18.8. The number of amides is 1. The molecule has 0 fully saturated rings. The van der Waals surface area contributed by atoms with Crippen molar-refractivity contribution in [2.45, 2.75) is 26.0 Å². The van der Waals surface area contributed by atoms with Crippen LogP contribution in [0.1, 0.15) is 16.7 Å². The first-order valence-corrected chi connectivity index (χ1v) is 11.2. The van der Waals surface area contributed by atoms with Gasteiger partial charge in [-0.3, -0.25) is 0 Å². The number of nitrogens with one attached hydrogen (secondary N) is 1. The highest BCUT2D eigenvalue weighted by Crippen LogP contribution is 2.31. The van der Waals surface area contributed by atoms with Crippen molar-refractivity contribution in [2.75, 3.05) is 0 Å². The normalized spacial score (nSPS) is 11.6. The standard InChI is InChI=1S/C27H22ClNO6/c1-17-12-25(30)34-23-15-24(21(28)14-20(17)23)35-26(31)22(13-18-8-4-2-5-9-18)29-27(32)33-16-19-10-6-3-7-11-19/h2-12,14-15,22H,13,16H2,1H3,(H,29,32). The van der Waals surface area contributed by atoms with Crippen molar-refractivity contribution in [1.82, 2.24) is 5.32 Å². The Morgan fingerprint density at radius 3 is 2.31 bits per heavy atom. The summed E-state index contributed by atoms with van der Waals surface area (Å²) >= 11 is 6.34. The van der Waals surface area contributed by atoms with Crippen LogP contribution in [0.3, 0.4) is 0 Å². The molecule has 1 N–H and O–H groups in total. The van der Waals surface area contributed by atoms with Gasteiger partial charge in [0.15, 0.2) is 5.75 Å². The number of halogens is 1. The smallest absolute Gasteiger partial charge is 0.408 e. The number of hydrogen-bond donors (Lipinski definition) is 1. The predicted molar refractivity (Wildman–Crippen MR) is 132 cm³/mol. The van der Waals surface area contributed by atoms with Gasteiger partial charge in [-0.25, -0.2) is 14.4 Å². The minimum absolute atomic E-state index is 0.00966.